The van der Waals surface area contributed by atoms with Crippen LogP contribution in [0.25, 0.3) is 11.1 Å². The number of nitrogens with one attached hydrogen (secondary N) is 2. The van der Waals surface area contributed by atoms with Gasteiger partial charge in [0.2, 0.25) is 15.8 Å². The highest BCUT2D eigenvalue weighted by molar-refractivity contribution is 7.89. The van der Waals surface area contributed by atoms with Crippen LogP contribution in [0.5, 0.6) is 0 Å². The van der Waals surface area contributed by atoms with Gasteiger partial charge in [0.15, 0.2) is 0 Å². The van der Waals surface area contributed by atoms with Gasteiger partial charge in [-0.1, -0.05) is 18.2 Å². The van der Waals surface area contributed by atoms with Crippen molar-refractivity contribution in [1.82, 2.24) is 24.9 Å². The highest BCUT2D eigenvalue weighted by atomic mass is 32.2. The lowest BCUT2D eigenvalue weighted by molar-refractivity contribution is -0.145. The number of carbonyl (C=O) groups excluding carboxylic acids is 2. The fraction of sp³-hybridized carbons (Fsp3) is 0.368. The number of fused-ring (bicyclic) bond motifs is 1. The van der Waals surface area contributed by atoms with Crippen molar-refractivity contribution in [3.8, 4) is 11.1 Å². The van der Waals surface area contributed by atoms with Gasteiger partial charge in [0.25, 0.3) is 5.91 Å². The van der Waals surface area contributed by atoms with Crippen molar-refractivity contribution in [3.63, 3.8) is 0 Å². The summed E-state index contributed by atoms with van der Waals surface area (Å²) in [4.78, 5) is 30.1. The summed E-state index contributed by atoms with van der Waals surface area (Å²) in [5.41, 5.74) is 1.06. The van der Waals surface area contributed by atoms with E-state index >= 15 is 0 Å². The van der Waals surface area contributed by atoms with Gasteiger partial charge in [0.1, 0.15) is 5.54 Å². The second-order valence-electron chi connectivity index (χ2n) is 7.86. The van der Waals surface area contributed by atoms with Crippen LogP contribution in [0.15, 0.2) is 30.6 Å². The second kappa shape index (κ2) is 7.52. The van der Waals surface area contributed by atoms with Gasteiger partial charge in [0.05, 0.1) is 5.75 Å². The zero-order valence-corrected chi connectivity index (χ0v) is 17.5. The summed E-state index contributed by atoms with van der Waals surface area (Å²) in [6.07, 6.45) is -2.06. The number of amides is 3. The van der Waals surface area contributed by atoms with Crippen LogP contribution < -0.4 is 10.6 Å². The van der Waals surface area contributed by atoms with Gasteiger partial charge < -0.3 is 5.32 Å². The molecule has 2 N–H and O–H groups in total. The van der Waals surface area contributed by atoms with Crippen LogP contribution in [-0.4, -0.2) is 52.5 Å². The summed E-state index contributed by atoms with van der Waals surface area (Å²) < 4.78 is 65.0. The third kappa shape index (κ3) is 4.17. The third-order valence-electron chi connectivity index (χ3n) is 5.40. The smallest absolute Gasteiger partial charge is 0.322 e. The van der Waals surface area contributed by atoms with E-state index in [2.05, 4.69) is 15.3 Å². The van der Waals surface area contributed by atoms with E-state index in [1.807, 2.05) is 5.32 Å². The molecule has 2 aromatic rings. The van der Waals surface area contributed by atoms with Crippen LogP contribution in [0.1, 0.15) is 23.9 Å². The van der Waals surface area contributed by atoms with Crippen LogP contribution >= 0.6 is 0 Å². The van der Waals surface area contributed by atoms with E-state index in [9.17, 15) is 31.2 Å². The first kappa shape index (κ1) is 22.1. The lowest BCUT2D eigenvalue weighted by Crippen LogP contribution is -2.53. The Balaban J connectivity index is 1.51. The van der Waals surface area contributed by atoms with E-state index in [1.165, 1.54) is 11.2 Å². The summed E-state index contributed by atoms with van der Waals surface area (Å²) in [5, 5.41) is 4.38. The molecule has 1 fully saturated rings. The van der Waals surface area contributed by atoms with Gasteiger partial charge in [-0.25, -0.2) is 23.2 Å². The topological polar surface area (TPSA) is 121 Å². The number of nitrogens with zero attached hydrogens (tertiary/aromatic N) is 3. The van der Waals surface area contributed by atoms with Crippen molar-refractivity contribution in [3.05, 3.63) is 47.5 Å². The number of sulfonamides is 1. The number of hydrogen-bond acceptors (Lipinski definition) is 6. The Morgan fingerprint density at radius 3 is 2.41 bits per heavy atom. The number of hydrogen-bond donors (Lipinski definition) is 2. The molecule has 32 heavy (non-hydrogen) atoms. The van der Waals surface area contributed by atoms with Crippen molar-refractivity contribution in [2.24, 2.45) is 0 Å². The van der Waals surface area contributed by atoms with Crippen LogP contribution in [0.4, 0.5) is 18.0 Å². The summed E-state index contributed by atoms with van der Waals surface area (Å²) >= 11 is 0. The molecular weight excluding hydrogens is 451 g/mol. The predicted octanol–water partition coefficient (Wildman–Crippen LogP) is 1.45. The van der Waals surface area contributed by atoms with E-state index in [0.29, 0.717) is 17.5 Å². The SMILES string of the molecule is CC1(CS(=O)(=O)N2CCc3cc(-c4cnc(C(F)(F)F)nc4)ccc3C2)NC(=O)NC1=O. The number of imide groups is 1. The zero-order valence-electron chi connectivity index (χ0n) is 16.7. The molecule has 4 rings (SSSR count). The molecule has 0 radical (unpaired) electrons. The largest absolute Gasteiger partial charge is 0.451 e. The monoisotopic (exact) mass is 469 g/mol. The van der Waals surface area contributed by atoms with Gasteiger partial charge in [0, 0.05) is 31.0 Å². The van der Waals surface area contributed by atoms with Crippen LogP contribution in [0.2, 0.25) is 0 Å². The molecule has 0 saturated carbocycles. The minimum Gasteiger partial charge on any atom is -0.322 e. The standard InChI is InChI=1S/C19H18F3N5O4S/c1-18(16(28)25-17(29)26-18)10-32(30,31)27-5-4-12-6-11(2-3-13(12)9-27)14-7-23-15(24-8-14)19(20,21)22/h2-3,6-8H,4-5,9-10H2,1H3,(H2,25,26,28,29). The van der Waals surface area contributed by atoms with E-state index in [-0.39, 0.29) is 13.1 Å². The Morgan fingerprint density at radius 2 is 1.81 bits per heavy atom. The molecule has 1 unspecified atom stereocenters. The molecule has 9 nitrogen and oxygen atoms in total. The number of rotatable bonds is 4. The molecule has 0 bridgehead atoms. The summed E-state index contributed by atoms with van der Waals surface area (Å²) in [6, 6.07) is 4.40. The average Bonchev–Trinajstić information content (AvgIpc) is 2.96. The van der Waals surface area contributed by atoms with E-state index in [4.69, 9.17) is 0 Å². The van der Waals surface area contributed by atoms with Gasteiger partial charge >= 0.3 is 12.2 Å². The highest BCUT2D eigenvalue weighted by Gasteiger charge is 2.46. The van der Waals surface area contributed by atoms with Crippen molar-refractivity contribution in [2.75, 3.05) is 12.3 Å². The maximum atomic E-state index is 12.9. The predicted molar refractivity (Wildman–Crippen MR) is 105 cm³/mol. The number of halogens is 3. The van der Waals surface area contributed by atoms with E-state index in [0.717, 1.165) is 23.5 Å². The van der Waals surface area contributed by atoms with Crippen LogP contribution in [0.3, 0.4) is 0 Å². The number of urea groups is 1. The van der Waals surface area contributed by atoms with E-state index in [1.54, 1.807) is 18.2 Å². The summed E-state index contributed by atoms with van der Waals surface area (Å²) in [5.74, 6) is -2.50. The van der Waals surface area contributed by atoms with Crippen molar-refractivity contribution in [2.45, 2.75) is 31.6 Å². The molecule has 13 heteroatoms. The van der Waals surface area contributed by atoms with Crippen molar-refractivity contribution in [1.29, 1.82) is 0 Å². The number of carbonyl (C=O) groups is 2. The zero-order chi connectivity index (χ0) is 23.3. The quantitative estimate of drug-likeness (QED) is 0.654. The Labute approximate surface area is 181 Å². The van der Waals surface area contributed by atoms with Crippen molar-refractivity contribution < 1.29 is 31.2 Å². The third-order valence-corrected chi connectivity index (χ3v) is 7.44. The molecule has 0 spiro atoms. The maximum Gasteiger partial charge on any atom is 0.451 e. The van der Waals surface area contributed by atoms with Crippen LogP contribution in [0, 0.1) is 0 Å². The number of alkyl halides is 3. The lowest BCUT2D eigenvalue weighted by Gasteiger charge is -2.31. The molecule has 1 aromatic carbocycles. The molecule has 3 amide bonds. The molecule has 2 aliphatic rings. The molecule has 0 aliphatic carbocycles. The Morgan fingerprint density at radius 1 is 1.12 bits per heavy atom. The Bertz CT molecular complexity index is 1200. The second-order valence-corrected chi connectivity index (χ2v) is 9.83. The molecule has 2 aliphatic heterocycles. The van der Waals surface area contributed by atoms with Gasteiger partial charge in [-0.2, -0.15) is 17.5 Å². The maximum absolute atomic E-state index is 12.9. The first-order valence-electron chi connectivity index (χ1n) is 9.50. The molecule has 1 saturated heterocycles. The van der Waals surface area contributed by atoms with Crippen LogP contribution in [-0.2, 0) is 34.0 Å². The first-order chi connectivity index (χ1) is 14.9. The fourth-order valence-corrected chi connectivity index (χ4v) is 5.53. The molecule has 1 atom stereocenters. The highest BCUT2D eigenvalue weighted by Crippen LogP contribution is 2.30. The minimum atomic E-state index is -4.62. The van der Waals surface area contributed by atoms with Gasteiger partial charge in [-0.3, -0.25) is 10.1 Å². The van der Waals surface area contributed by atoms with Gasteiger partial charge in [-0.15, -0.1) is 0 Å². The number of benzene rings is 1. The first-order valence-corrected chi connectivity index (χ1v) is 11.1. The van der Waals surface area contributed by atoms with Gasteiger partial charge in [-0.05, 0) is 30.0 Å². The molecular formula is C19H18F3N5O4S. The van der Waals surface area contributed by atoms with Crippen molar-refractivity contribution >= 4 is 22.0 Å². The summed E-state index contributed by atoms with van der Waals surface area (Å²) in [7, 11) is -3.87. The molecule has 1 aromatic heterocycles. The molecule has 3 heterocycles. The van der Waals surface area contributed by atoms with E-state index < -0.39 is 45.3 Å². The average molecular weight is 469 g/mol. The summed E-state index contributed by atoms with van der Waals surface area (Å²) in [6.45, 7) is 1.59. The lowest BCUT2D eigenvalue weighted by atomic mass is 9.96. The number of aromatic nitrogens is 2. The minimum absolute atomic E-state index is 0.0765. The molecule has 170 valence electrons. The Hall–Kier alpha value is -3.06. The Kier molecular flexibility index (Phi) is 5.20. The normalized spacial score (nSPS) is 21.8. The fourth-order valence-electron chi connectivity index (χ4n) is 3.70.